The predicted molar refractivity (Wildman–Crippen MR) is 89.3 cm³/mol. The lowest BCUT2D eigenvalue weighted by Gasteiger charge is -2.13. The Labute approximate surface area is 134 Å². The van der Waals surface area contributed by atoms with E-state index >= 15 is 0 Å². The summed E-state index contributed by atoms with van der Waals surface area (Å²) in [5.74, 6) is 0.0247. The zero-order chi connectivity index (χ0) is 16.3. The van der Waals surface area contributed by atoms with Crippen LogP contribution in [-0.4, -0.2) is 36.9 Å². The highest BCUT2D eigenvalue weighted by molar-refractivity contribution is 7.91. The quantitative estimate of drug-likeness (QED) is 0.894. The van der Waals surface area contributed by atoms with Gasteiger partial charge < -0.3 is 10.6 Å². The summed E-state index contributed by atoms with van der Waals surface area (Å²) in [6, 6.07) is 12.4. The first-order chi connectivity index (χ1) is 11.0. The molecule has 1 amide bonds. The van der Waals surface area contributed by atoms with Crippen molar-refractivity contribution in [2.75, 3.05) is 22.1 Å². The van der Waals surface area contributed by atoms with Crippen molar-refractivity contribution in [1.29, 1.82) is 0 Å². The lowest BCUT2D eigenvalue weighted by molar-refractivity contribution is 0.102. The maximum atomic E-state index is 12.2. The molecule has 0 bridgehead atoms. The maximum Gasteiger partial charge on any atom is 0.274 e. The topological polar surface area (TPSA) is 88.2 Å². The van der Waals surface area contributed by atoms with Crippen LogP contribution in [0.4, 0.5) is 11.4 Å². The van der Waals surface area contributed by atoms with E-state index in [1.54, 1.807) is 24.3 Å². The van der Waals surface area contributed by atoms with E-state index in [1.807, 2.05) is 18.2 Å². The third kappa shape index (κ3) is 4.07. The largest absolute Gasteiger partial charge is 0.381 e. The Hall–Kier alpha value is -2.41. The van der Waals surface area contributed by atoms with Crippen molar-refractivity contribution >= 4 is 27.1 Å². The average molecular weight is 331 g/mol. The molecular weight excluding hydrogens is 314 g/mol. The van der Waals surface area contributed by atoms with Crippen molar-refractivity contribution in [2.45, 2.75) is 12.5 Å². The van der Waals surface area contributed by atoms with Gasteiger partial charge >= 0.3 is 0 Å². The molecule has 1 aromatic carbocycles. The Kier molecular flexibility index (Phi) is 4.29. The molecule has 1 aliphatic rings. The van der Waals surface area contributed by atoms with Crippen LogP contribution in [0.25, 0.3) is 0 Å². The lowest BCUT2D eigenvalue weighted by Crippen LogP contribution is -2.21. The van der Waals surface area contributed by atoms with Crippen molar-refractivity contribution in [1.82, 2.24) is 4.98 Å². The molecule has 7 heteroatoms. The standard InChI is InChI=1S/C16H17N3O3S/c20-16(19-12-4-2-1-3-5-12)15-10-13(6-8-17-15)18-14-7-9-23(21,22)11-14/h1-6,8,10,14H,7,9,11H2,(H,17,18)(H,19,20). The van der Waals surface area contributed by atoms with Crippen LogP contribution in [0.2, 0.25) is 0 Å². The number of carbonyl (C=O) groups is 1. The molecule has 2 N–H and O–H groups in total. The summed E-state index contributed by atoms with van der Waals surface area (Å²) in [5, 5.41) is 5.92. The van der Waals surface area contributed by atoms with Crippen molar-refractivity contribution in [3.8, 4) is 0 Å². The molecule has 6 nitrogen and oxygen atoms in total. The summed E-state index contributed by atoms with van der Waals surface area (Å²) < 4.78 is 23.0. The first-order valence-electron chi connectivity index (χ1n) is 7.31. The van der Waals surface area contributed by atoms with Gasteiger partial charge in [-0.05, 0) is 30.7 Å². The molecule has 0 saturated carbocycles. The number of nitrogens with one attached hydrogen (secondary N) is 2. The van der Waals surface area contributed by atoms with Crippen LogP contribution in [0.5, 0.6) is 0 Å². The first-order valence-corrected chi connectivity index (χ1v) is 9.13. The van der Waals surface area contributed by atoms with Crippen LogP contribution in [-0.2, 0) is 9.84 Å². The maximum absolute atomic E-state index is 12.2. The molecule has 1 unspecified atom stereocenters. The number of sulfone groups is 1. The number of amides is 1. The summed E-state index contributed by atoms with van der Waals surface area (Å²) in [4.78, 5) is 16.3. The van der Waals surface area contributed by atoms with Gasteiger partial charge in [0.1, 0.15) is 5.69 Å². The molecule has 2 aromatic rings. The van der Waals surface area contributed by atoms with Gasteiger partial charge in [-0.3, -0.25) is 9.78 Å². The molecule has 0 aliphatic carbocycles. The Bertz CT molecular complexity index is 806. The predicted octanol–water partition coefficient (Wildman–Crippen LogP) is 1.93. The second-order valence-corrected chi connectivity index (χ2v) is 7.72. The number of nitrogens with zero attached hydrogens (tertiary/aromatic N) is 1. The summed E-state index contributed by atoms with van der Waals surface area (Å²) in [5.41, 5.74) is 1.67. The molecule has 120 valence electrons. The number of hydrogen-bond donors (Lipinski definition) is 2. The number of aromatic nitrogens is 1. The average Bonchev–Trinajstić information content (AvgIpc) is 2.87. The van der Waals surface area contributed by atoms with E-state index in [1.165, 1.54) is 6.20 Å². The summed E-state index contributed by atoms with van der Waals surface area (Å²) in [7, 11) is -2.94. The number of hydrogen-bond acceptors (Lipinski definition) is 5. The molecule has 0 radical (unpaired) electrons. The Morgan fingerprint density at radius 3 is 2.61 bits per heavy atom. The van der Waals surface area contributed by atoms with Crippen molar-refractivity contribution in [3.63, 3.8) is 0 Å². The minimum Gasteiger partial charge on any atom is -0.381 e. The van der Waals surface area contributed by atoms with E-state index in [0.29, 0.717) is 17.8 Å². The van der Waals surface area contributed by atoms with Gasteiger partial charge in [-0.15, -0.1) is 0 Å². The van der Waals surface area contributed by atoms with E-state index in [0.717, 1.165) is 0 Å². The van der Waals surface area contributed by atoms with E-state index in [-0.39, 0.29) is 29.1 Å². The molecule has 1 fully saturated rings. The smallest absolute Gasteiger partial charge is 0.274 e. The fourth-order valence-electron chi connectivity index (χ4n) is 2.51. The number of carbonyl (C=O) groups excluding carboxylic acids is 1. The van der Waals surface area contributed by atoms with Gasteiger partial charge in [-0.1, -0.05) is 18.2 Å². The molecule has 1 atom stereocenters. The second-order valence-electron chi connectivity index (χ2n) is 5.49. The van der Waals surface area contributed by atoms with Gasteiger partial charge in [0.15, 0.2) is 9.84 Å². The molecule has 1 aromatic heterocycles. The molecule has 0 spiro atoms. The molecular formula is C16H17N3O3S. The number of benzene rings is 1. The fraction of sp³-hybridized carbons (Fsp3) is 0.250. The van der Waals surface area contributed by atoms with Crippen LogP contribution in [0, 0.1) is 0 Å². The summed E-state index contributed by atoms with van der Waals surface area (Å²) in [6.45, 7) is 0. The Morgan fingerprint density at radius 1 is 1.13 bits per heavy atom. The van der Waals surface area contributed by atoms with Gasteiger partial charge in [-0.25, -0.2) is 8.42 Å². The van der Waals surface area contributed by atoms with E-state index in [4.69, 9.17) is 0 Å². The zero-order valence-corrected chi connectivity index (χ0v) is 13.2. The van der Waals surface area contributed by atoms with Crippen LogP contribution in [0.3, 0.4) is 0 Å². The molecule has 3 rings (SSSR count). The molecule has 1 aliphatic heterocycles. The number of para-hydroxylation sites is 1. The van der Waals surface area contributed by atoms with E-state index in [2.05, 4.69) is 15.6 Å². The van der Waals surface area contributed by atoms with E-state index < -0.39 is 9.84 Å². The second kappa shape index (κ2) is 6.37. The Morgan fingerprint density at radius 2 is 1.91 bits per heavy atom. The Balaban J connectivity index is 1.69. The molecule has 23 heavy (non-hydrogen) atoms. The minimum atomic E-state index is -2.94. The highest BCUT2D eigenvalue weighted by Crippen LogP contribution is 2.18. The lowest BCUT2D eigenvalue weighted by atomic mass is 10.2. The molecule has 2 heterocycles. The van der Waals surface area contributed by atoms with E-state index in [9.17, 15) is 13.2 Å². The van der Waals surface area contributed by atoms with Crippen molar-refractivity contribution in [3.05, 3.63) is 54.4 Å². The normalized spacial score (nSPS) is 19.2. The third-order valence-corrected chi connectivity index (χ3v) is 5.40. The van der Waals surface area contributed by atoms with Gasteiger partial charge in [0.05, 0.1) is 11.5 Å². The van der Waals surface area contributed by atoms with Gasteiger partial charge in [-0.2, -0.15) is 0 Å². The first kappa shape index (κ1) is 15.5. The van der Waals surface area contributed by atoms with Gasteiger partial charge in [0.2, 0.25) is 0 Å². The van der Waals surface area contributed by atoms with Crippen LogP contribution in [0.15, 0.2) is 48.7 Å². The SMILES string of the molecule is O=C(Nc1ccccc1)c1cc(NC2CCS(=O)(=O)C2)ccn1. The van der Waals surface area contributed by atoms with Crippen LogP contribution < -0.4 is 10.6 Å². The van der Waals surface area contributed by atoms with Crippen LogP contribution in [0.1, 0.15) is 16.9 Å². The fourth-order valence-corrected chi connectivity index (χ4v) is 4.18. The summed E-state index contributed by atoms with van der Waals surface area (Å²) in [6.07, 6.45) is 2.11. The monoisotopic (exact) mass is 331 g/mol. The summed E-state index contributed by atoms with van der Waals surface area (Å²) >= 11 is 0. The third-order valence-electron chi connectivity index (χ3n) is 3.63. The van der Waals surface area contributed by atoms with Crippen molar-refractivity contribution < 1.29 is 13.2 Å². The van der Waals surface area contributed by atoms with Crippen LogP contribution >= 0.6 is 0 Å². The van der Waals surface area contributed by atoms with Gasteiger partial charge in [0, 0.05) is 23.6 Å². The zero-order valence-electron chi connectivity index (χ0n) is 12.4. The highest BCUT2D eigenvalue weighted by atomic mass is 32.2. The molecule has 1 saturated heterocycles. The number of rotatable bonds is 4. The number of anilines is 2. The van der Waals surface area contributed by atoms with Gasteiger partial charge in [0.25, 0.3) is 5.91 Å². The minimum absolute atomic E-state index is 0.118. The van der Waals surface area contributed by atoms with Crippen molar-refractivity contribution in [2.24, 2.45) is 0 Å². The highest BCUT2D eigenvalue weighted by Gasteiger charge is 2.27. The number of pyridine rings is 1.